The fraction of sp³-hybridized carbons (Fsp3) is 0.222. The molecule has 1 rings (SSSR count). The fourth-order valence-corrected chi connectivity index (χ4v) is 1.42. The van der Waals surface area contributed by atoms with Gasteiger partial charge in [-0.3, -0.25) is 0 Å². The van der Waals surface area contributed by atoms with Gasteiger partial charge in [0.05, 0.1) is 6.61 Å². The molecule has 1 aromatic carbocycles. The first-order chi connectivity index (χ1) is 5.72. The van der Waals surface area contributed by atoms with E-state index in [1.807, 2.05) is 18.6 Å². The van der Waals surface area contributed by atoms with E-state index < -0.39 is 0 Å². The van der Waals surface area contributed by atoms with Crippen LogP contribution in [0.3, 0.4) is 0 Å². The van der Waals surface area contributed by atoms with Crippen LogP contribution in [0.1, 0.15) is 5.56 Å². The molecule has 0 saturated heterocycles. The van der Waals surface area contributed by atoms with Crippen molar-refractivity contribution in [2.24, 2.45) is 0 Å². The number of rotatable bonds is 3. The Morgan fingerprint density at radius 1 is 1.25 bits per heavy atom. The van der Waals surface area contributed by atoms with Crippen molar-refractivity contribution in [3.63, 3.8) is 0 Å². The number of ether oxygens (including phenoxy) is 1. The molecule has 0 heterocycles. The summed E-state index contributed by atoms with van der Waals surface area (Å²) in [6.45, 7) is 0.566. The van der Waals surface area contributed by atoms with Crippen molar-refractivity contribution in [1.82, 2.24) is 0 Å². The van der Waals surface area contributed by atoms with Gasteiger partial charge in [0.15, 0.2) is 0 Å². The maximum Gasteiger partial charge on any atom is 0.0537 e. The van der Waals surface area contributed by atoms with Gasteiger partial charge in [0.2, 0.25) is 0 Å². The third kappa shape index (κ3) is 3.02. The van der Waals surface area contributed by atoms with Gasteiger partial charge < -0.3 is 4.74 Å². The molecule has 0 fully saturated rings. The summed E-state index contributed by atoms with van der Waals surface area (Å²) in [4.78, 5) is 0. The number of benzene rings is 1. The van der Waals surface area contributed by atoms with Crippen molar-refractivity contribution in [3.05, 3.63) is 40.2 Å². The Morgan fingerprint density at radius 3 is 2.33 bits per heavy atom. The Morgan fingerprint density at radius 2 is 1.83 bits per heavy atom. The maximum absolute atomic E-state index is 5.78. The van der Waals surface area contributed by atoms with Gasteiger partial charge in [-0.05, 0) is 23.8 Å². The summed E-state index contributed by atoms with van der Waals surface area (Å²) in [5.41, 5.74) is 0.981. The molecule has 65 valence electrons. The molecule has 1 radical (unpaired) electrons. The van der Waals surface area contributed by atoms with Gasteiger partial charge in [0, 0.05) is 23.6 Å². The van der Waals surface area contributed by atoms with E-state index in [-0.39, 0.29) is 0 Å². The van der Waals surface area contributed by atoms with E-state index >= 15 is 0 Å². The molecule has 0 aliphatic heterocycles. The zero-order valence-corrected chi connectivity index (χ0v) is 8.19. The topological polar surface area (TPSA) is 9.23 Å². The fourth-order valence-electron chi connectivity index (χ4n) is 0.873. The number of hydrogen-bond donors (Lipinski definition) is 0. The van der Waals surface area contributed by atoms with E-state index in [4.69, 9.17) is 27.9 Å². The first-order valence-corrected chi connectivity index (χ1v) is 4.26. The number of hydrogen-bond acceptors (Lipinski definition) is 1. The van der Waals surface area contributed by atoms with Gasteiger partial charge in [-0.2, -0.15) is 0 Å². The molecular formula is C9H9Cl2O. The van der Waals surface area contributed by atoms with Gasteiger partial charge in [0.1, 0.15) is 0 Å². The third-order valence-electron chi connectivity index (χ3n) is 1.37. The molecule has 0 bridgehead atoms. The van der Waals surface area contributed by atoms with E-state index in [2.05, 4.69) is 0 Å². The molecule has 0 spiro atoms. The van der Waals surface area contributed by atoms with Crippen LogP contribution in [0, 0.1) is 6.42 Å². The predicted octanol–water partition coefficient (Wildman–Crippen LogP) is 3.19. The molecule has 0 aromatic heterocycles. The Kier molecular flexibility index (Phi) is 3.86. The molecule has 3 heteroatoms. The molecule has 0 unspecified atom stereocenters. The van der Waals surface area contributed by atoms with Gasteiger partial charge in [-0.1, -0.05) is 23.2 Å². The molecule has 1 nitrogen and oxygen atoms in total. The van der Waals surface area contributed by atoms with Gasteiger partial charge in [-0.15, -0.1) is 0 Å². The Hall–Kier alpha value is -0.240. The molecule has 0 saturated carbocycles. The van der Waals surface area contributed by atoms with Crippen molar-refractivity contribution in [3.8, 4) is 0 Å². The lowest BCUT2D eigenvalue weighted by molar-refractivity contribution is 0.225. The van der Waals surface area contributed by atoms with Gasteiger partial charge in [0.25, 0.3) is 0 Å². The summed E-state index contributed by atoms with van der Waals surface area (Å²) in [5, 5.41) is 1.29. The Balaban J connectivity index is 2.72. The van der Waals surface area contributed by atoms with Crippen LogP contribution >= 0.6 is 23.2 Å². The second kappa shape index (κ2) is 4.70. The standard InChI is InChI=1S/C9H9Cl2O/c1-12-3-2-7-4-8(10)6-9(11)5-7/h2,4-6H,3H2,1H3. The summed E-state index contributed by atoms with van der Waals surface area (Å²) >= 11 is 11.6. The molecule has 0 aliphatic rings. The summed E-state index contributed by atoms with van der Waals surface area (Å²) < 4.78 is 4.88. The van der Waals surface area contributed by atoms with Crippen LogP contribution in [0.25, 0.3) is 0 Å². The second-order valence-corrected chi connectivity index (χ2v) is 3.24. The molecule has 1 aromatic rings. The van der Waals surface area contributed by atoms with E-state index in [0.29, 0.717) is 16.7 Å². The maximum atomic E-state index is 5.78. The molecule has 0 aliphatic carbocycles. The molecule has 0 N–H and O–H groups in total. The van der Waals surface area contributed by atoms with Crippen LogP contribution < -0.4 is 0 Å². The van der Waals surface area contributed by atoms with Crippen molar-refractivity contribution in [2.75, 3.05) is 13.7 Å². The minimum atomic E-state index is 0.566. The highest BCUT2D eigenvalue weighted by Gasteiger charge is 1.97. The molecule has 0 amide bonds. The van der Waals surface area contributed by atoms with E-state index in [0.717, 1.165) is 5.56 Å². The monoisotopic (exact) mass is 203 g/mol. The minimum Gasteiger partial charge on any atom is -0.384 e. The van der Waals surface area contributed by atoms with Crippen LogP contribution in [0.4, 0.5) is 0 Å². The smallest absolute Gasteiger partial charge is 0.0537 e. The van der Waals surface area contributed by atoms with E-state index in [9.17, 15) is 0 Å². The van der Waals surface area contributed by atoms with E-state index in [1.165, 1.54) is 0 Å². The highest BCUT2D eigenvalue weighted by atomic mass is 35.5. The second-order valence-electron chi connectivity index (χ2n) is 2.36. The molecule has 12 heavy (non-hydrogen) atoms. The summed E-state index contributed by atoms with van der Waals surface area (Å²) in [6, 6.07) is 5.38. The average Bonchev–Trinajstić information content (AvgIpc) is 1.99. The highest BCUT2D eigenvalue weighted by Crippen LogP contribution is 2.19. The Bertz CT molecular complexity index is 240. The minimum absolute atomic E-state index is 0.566. The normalized spacial score (nSPS) is 10.2. The number of halogens is 2. The van der Waals surface area contributed by atoms with Crippen molar-refractivity contribution in [2.45, 2.75) is 0 Å². The predicted molar refractivity (Wildman–Crippen MR) is 51.7 cm³/mol. The van der Waals surface area contributed by atoms with Crippen molar-refractivity contribution >= 4 is 23.2 Å². The zero-order chi connectivity index (χ0) is 8.97. The quantitative estimate of drug-likeness (QED) is 0.734. The van der Waals surface area contributed by atoms with Crippen LogP contribution in [-0.2, 0) is 4.74 Å². The van der Waals surface area contributed by atoms with E-state index in [1.54, 1.807) is 13.2 Å². The van der Waals surface area contributed by atoms with Crippen molar-refractivity contribution in [1.29, 1.82) is 0 Å². The molecule has 0 atom stereocenters. The SMILES string of the molecule is COC[CH]c1cc(Cl)cc(Cl)c1. The lowest BCUT2D eigenvalue weighted by atomic mass is 10.2. The van der Waals surface area contributed by atoms with Crippen LogP contribution in [0.2, 0.25) is 10.0 Å². The van der Waals surface area contributed by atoms with Gasteiger partial charge in [-0.25, -0.2) is 0 Å². The first kappa shape index (κ1) is 9.85. The Labute approximate surface area is 82.2 Å². The largest absolute Gasteiger partial charge is 0.384 e. The number of methoxy groups -OCH3 is 1. The average molecular weight is 204 g/mol. The van der Waals surface area contributed by atoms with Gasteiger partial charge >= 0.3 is 0 Å². The van der Waals surface area contributed by atoms with Crippen molar-refractivity contribution < 1.29 is 4.74 Å². The van der Waals surface area contributed by atoms with Crippen LogP contribution in [-0.4, -0.2) is 13.7 Å². The first-order valence-electron chi connectivity index (χ1n) is 3.50. The summed E-state index contributed by atoms with van der Waals surface area (Å²) in [7, 11) is 1.64. The lowest BCUT2D eigenvalue weighted by Gasteiger charge is -2.01. The summed E-state index contributed by atoms with van der Waals surface area (Å²) in [6.07, 6.45) is 1.91. The lowest BCUT2D eigenvalue weighted by Crippen LogP contribution is -1.91. The highest BCUT2D eigenvalue weighted by molar-refractivity contribution is 6.34. The van der Waals surface area contributed by atoms with Crippen LogP contribution in [0.5, 0.6) is 0 Å². The zero-order valence-electron chi connectivity index (χ0n) is 6.68. The third-order valence-corrected chi connectivity index (χ3v) is 1.81. The summed E-state index contributed by atoms with van der Waals surface area (Å²) in [5.74, 6) is 0. The van der Waals surface area contributed by atoms with Crippen LogP contribution in [0.15, 0.2) is 18.2 Å². The molecular weight excluding hydrogens is 195 g/mol.